The van der Waals surface area contributed by atoms with E-state index < -0.39 is 0 Å². The lowest BCUT2D eigenvalue weighted by Crippen LogP contribution is -2.15. The van der Waals surface area contributed by atoms with Crippen molar-refractivity contribution in [2.24, 2.45) is 17.8 Å². The van der Waals surface area contributed by atoms with E-state index in [1.165, 1.54) is 6.42 Å². The molecule has 3 aliphatic rings. The summed E-state index contributed by atoms with van der Waals surface area (Å²) in [6, 6.07) is 2.37. The smallest absolute Gasteiger partial charge is 0.0885 e. The van der Waals surface area contributed by atoms with Gasteiger partial charge in [-0.15, -0.1) is 0 Å². The van der Waals surface area contributed by atoms with Crippen molar-refractivity contribution in [3.05, 3.63) is 0 Å². The van der Waals surface area contributed by atoms with Gasteiger partial charge >= 0.3 is 0 Å². The molecule has 0 spiro atoms. The lowest BCUT2D eigenvalue weighted by molar-refractivity contribution is 0.259. The minimum atomic E-state index is 0.328. The van der Waals surface area contributed by atoms with Crippen molar-refractivity contribution in [1.29, 1.82) is 5.26 Å². The second-order valence-electron chi connectivity index (χ2n) is 3.70. The molecule has 3 rings (SSSR count). The third-order valence-corrected chi connectivity index (χ3v) is 3.26. The standard InChI is InChI=1S/C8H9NO/c9-3-5-1-4-2-6(5)8-7(4)10-8/h4-8H,1-2H2/t4-,5-,6-,7-,8-/m0/s1. The maximum absolute atomic E-state index is 8.72. The van der Waals surface area contributed by atoms with Crippen LogP contribution in [0.25, 0.3) is 0 Å². The van der Waals surface area contributed by atoms with Gasteiger partial charge in [0.1, 0.15) is 0 Å². The number of hydrogen-bond acceptors (Lipinski definition) is 2. The first kappa shape index (κ1) is 5.15. The van der Waals surface area contributed by atoms with Gasteiger partial charge in [-0.05, 0) is 18.8 Å². The molecule has 2 heteroatoms. The molecule has 0 aromatic carbocycles. The van der Waals surface area contributed by atoms with Crippen LogP contribution in [0.15, 0.2) is 0 Å². The normalized spacial score (nSPS) is 61.7. The predicted molar refractivity (Wildman–Crippen MR) is 34.0 cm³/mol. The van der Waals surface area contributed by atoms with E-state index in [-0.39, 0.29) is 0 Å². The molecule has 2 aliphatic carbocycles. The van der Waals surface area contributed by atoms with E-state index in [0.717, 1.165) is 12.3 Å². The molecule has 0 aromatic heterocycles. The summed E-state index contributed by atoms with van der Waals surface area (Å²) in [6.07, 6.45) is 3.47. The molecule has 5 atom stereocenters. The Morgan fingerprint density at radius 3 is 2.80 bits per heavy atom. The fourth-order valence-corrected chi connectivity index (χ4v) is 2.75. The Balaban J connectivity index is 1.93. The average molecular weight is 135 g/mol. The summed E-state index contributed by atoms with van der Waals surface area (Å²) >= 11 is 0. The molecule has 2 saturated carbocycles. The highest BCUT2D eigenvalue weighted by Crippen LogP contribution is 2.58. The van der Waals surface area contributed by atoms with Gasteiger partial charge in [0.05, 0.1) is 24.2 Å². The van der Waals surface area contributed by atoms with Crippen molar-refractivity contribution in [2.45, 2.75) is 25.0 Å². The fraction of sp³-hybridized carbons (Fsp3) is 0.875. The van der Waals surface area contributed by atoms with Gasteiger partial charge in [0.15, 0.2) is 0 Å². The highest BCUT2D eigenvalue weighted by atomic mass is 16.6. The number of epoxide rings is 1. The fourth-order valence-electron chi connectivity index (χ4n) is 2.75. The zero-order chi connectivity index (χ0) is 6.72. The quantitative estimate of drug-likeness (QED) is 0.463. The summed E-state index contributed by atoms with van der Waals surface area (Å²) in [7, 11) is 0. The Kier molecular flexibility index (Phi) is 0.709. The Hall–Kier alpha value is -0.550. The number of fused-ring (bicyclic) bond motifs is 5. The topological polar surface area (TPSA) is 36.3 Å². The summed E-state index contributed by atoms with van der Waals surface area (Å²) < 4.78 is 5.42. The molecule has 1 heterocycles. The zero-order valence-corrected chi connectivity index (χ0v) is 5.66. The predicted octanol–water partition coefficient (Wildman–Crippen LogP) is 0.933. The second-order valence-corrected chi connectivity index (χ2v) is 3.70. The van der Waals surface area contributed by atoms with Gasteiger partial charge in [-0.3, -0.25) is 0 Å². The highest BCUT2D eigenvalue weighted by molar-refractivity contribution is 5.14. The molecule has 0 radical (unpaired) electrons. The Bertz CT molecular complexity index is 220. The van der Waals surface area contributed by atoms with Crippen LogP contribution in [0.1, 0.15) is 12.8 Å². The van der Waals surface area contributed by atoms with Crippen LogP contribution in [0, 0.1) is 29.1 Å². The van der Waals surface area contributed by atoms with E-state index in [1.54, 1.807) is 0 Å². The molecule has 0 N–H and O–H groups in total. The van der Waals surface area contributed by atoms with Gasteiger partial charge in [0, 0.05) is 5.92 Å². The van der Waals surface area contributed by atoms with Crippen molar-refractivity contribution in [2.75, 3.05) is 0 Å². The first-order valence-electron chi connectivity index (χ1n) is 3.95. The first-order chi connectivity index (χ1) is 4.90. The summed E-state index contributed by atoms with van der Waals surface area (Å²) in [4.78, 5) is 0. The third kappa shape index (κ3) is 0.411. The summed E-state index contributed by atoms with van der Waals surface area (Å²) in [5.74, 6) is 1.69. The van der Waals surface area contributed by atoms with Crippen LogP contribution in [0.5, 0.6) is 0 Å². The first-order valence-corrected chi connectivity index (χ1v) is 3.95. The van der Waals surface area contributed by atoms with Gasteiger partial charge < -0.3 is 4.74 Å². The minimum Gasteiger partial charge on any atom is -0.369 e. The van der Waals surface area contributed by atoms with E-state index in [2.05, 4.69) is 6.07 Å². The SMILES string of the molecule is N#C[C@@H]1C[C@H]2C[C@@H]1[C@@H]1O[C@@H]21. The van der Waals surface area contributed by atoms with Gasteiger partial charge in [0.2, 0.25) is 0 Å². The monoisotopic (exact) mass is 135 g/mol. The largest absolute Gasteiger partial charge is 0.369 e. The number of nitriles is 1. The number of ether oxygens (including phenoxy) is 1. The number of rotatable bonds is 0. The Morgan fingerprint density at radius 2 is 2.20 bits per heavy atom. The van der Waals surface area contributed by atoms with Crippen LogP contribution in [-0.2, 0) is 4.74 Å². The summed E-state index contributed by atoms with van der Waals surface area (Å²) in [5, 5.41) is 8.72. The van der Waals surface area contributed by atoms with Gasteiger partial charge in [-0.2, -0.15) is 5.26 Å². The van der Waals surface area contributed by atoms with Crippen LogP contribution < -0.4 is 0 Å². The number of hydrogen-bond donors (Lipinski definition) is 0. The molecule has 2 nitrogen and oxygen atoms in total. The van der Waals surface area contributed by atoms with Gasteiger partial charge in [-0.25, -0.2) is 0 Å². The molecule has 1 aliphatic heterocycles. The summed E-state index contributed by atoms with van der Waals surface area (Å²) in [6.45, 7) is 0. The van der Waals surface area contributed by atoms with Crippen molar-refractivity contribution in [3.8, 4) is 6.07 Å². The van der Waals surface area contributed by atoms with Crippen LogP contribution in [0.3, 0.4) is 0 Å². The lowest BCUT2D eigenvalue weighted by atomic mass is 9.90. The maximum Gasteiger partial charge on any atom is 0.0885 e. The molecule has 2 bridgehead atoms. The molecule has 0 aromatic rings. The van der Waals surface area contributed by atoms with Gasteiger partial charge in [-0.1, -0.05) is 0 Å². The van der Waals surface area contributed by atoms with E-state index >= 15 is 0 Å². The average Bonchev–Trinajstić information content (AvgIpc) is 2.58. The highest BCUT2D eigenvalue weighted by Gasteiger charge is 2.63. The zero-order valence-electron chi connectivity index (χ0n) is 5.66. The molecule has 3 fully saturated rings. The van der Waals surface area contributed by atoms with Crippen molar-refractivity contribution < 1.29 is 4.74 Å². The molecule has 10 heavy (non-hydrogen) atoms. The van der Waals surface area contributed by atoms with Crippen molar-refractivity contribution in [1.82, 2.24) is 0 Å². The van der Waals surface area contributed by atoms with E-state index in [0.29, 0.717) is 24.0 Å². The third-order valence-electron chi connectivity index (χ3n) is 3.26. The molecule has 52 valence electrons. The van der Waals surface area contributed by atoms with E-state index in [1.807, 2.05) is 0 Å². The van der Waals surface area contributed by atoms with Crippen LogP contribution >= 0.6 is 0 Å². The Morgan fingerprint density at radius 1 is 1.30 bits per heavy atom. The van der Waals surface area contributed by atoms with E-state index in [9.17, 15) is 0 Å². The summed E-state index contributed by atoms with van der Waals surface area (Å²) in [5.41, 5.74) is 0. The molecular weight excluding hydrogens is 126 g/mol. The molecule has 0 unspecified atom stereocenters. The van der Waals surface area contributed by atoms with Crippen LogP contribution in [-0.4, -0.2) is 12.2 Å². The van der Waals surface area contributed by atoms with E-state index in [4.69, 9.17) is 10.00 Å². The van der Waals surface area contributed by atoms with Crippen molar-refractivity contribution >= 4 is 0 Å². The van der Waals surface area contributed by atoms with Crippen LogP contribution in [0.4, 0.5) is 0 Å². The molecule has 0 amide bonds. The lowest BCUT2D eigenvalue weighted by Gasteiger charge is -2.09. The Labute approximate surface area is 59.8 Å². The minimum absolute atomic E-state index is 0.328. The molecule has 1 saturated heterocycles. The van der Waals surface area contributed by atoms with Gasteiger partial charge in [0.25, 0.3) is 0 Å². The van der Waals surface area contributed by atoms with Crippen molar-refractivity contribution in [3.63, 3.8) is 0 Å². The van der Waals surface area contributed by atoms with Crippen LogP contribution in [0.2, 0.25) is 0 Å². The second kappa shape index (κ2) is 1.38. The number of nitrogens with zero attached hydrogens (tertiary/aromatic N) is 1. The molecular formula is C8H9NO. The maximum atomic E-state index is 8.72.